The molecule has 88 valence electrons. The molecule has 0 aliphatic carbocycles. The SMILES string of the molecule is CC1=CC(/C=C/c2c(O)c(=O)c2=O)=C[C@@H](C)N1. The molecular formula is C13H13NO3. The minimum atomic E-state index is -0.802. The predicted octanol–water partition coefficient (Wildman–Crippen LogP) is 0.823. The molecule has 1 heterocycles. The Hall–Kier alpha value is -2.10. The van der Waals surface area contributed by atoms with Crippen LogP contribution in [0.5, 0.6) is 5.75 Å². The van der Waals surface area contributed by atoms with Gasteiger partial charge in [-0.3, -0.25) is 9.59 Å². The average Bonchev–Trinajstić information content (AvgIpc) is 2.27. The van der Waals surface area contributed by atoms with Crippen molar-refractivity contribution >= 4 is 6.08 Å². The highest BCUT2D eigenvalue weighted by Crippen LogP contribution is 2.15. The van der Waals surface area contributed by atoms with E-state index in [-0.39, 0.29) is 11.6 Å². The molecule has 1 aromatic carbocycles. The third-order valence-electron chi connectivity index (χ3n) is 2.64. The topological polar surface area (TPSA) is 66.4 Å². The van der Waals surface area contributed by atoms with Crippen molar-refractivity contribution in [3.05, 3.63) is 55.5 Å². The number of aromatic hydroxyl groups is 1. The van der Waals surface area contributed by atoms with Crippen LogP contribution in [0.15, 0.2) is 39.1 Å². The first-order valence-electron chi connectivity index (χ1n) is 5.36. The maximum atomic E-state index is 11.1. The van der Waals surface area contributed by atoms with Crippen LogP contribution in [0.25, 0.3) is 6.08 Å². The zero-order valence-corrected chi connectivity index (χ0v) is 9.65. The van der Waals surface area contributed by atoms with Crippen LogP contribution in [0.3, 0.4) is 0 Å². The van der Waals surface area contributed by atoms with Crippen molar-refractivity contribution in [3.8, 4) is 5.75 Å². The summed E-state index contributed by atoms with van der Waals surface area (Å²) in [6, 6.07) is 0.223. The summed E-state index contributed by atoms with van der Waals surface area (Å²) < 4.78 is 0. The number of rotatable bonds is 2. The van der Waals surface area contributed by atoms with Gasteiger partial charge in [0.25, 0.3) is 5.43 Å². The Balaban J connectivity index is 2.23. The molecule has 1 aliphatic heterocycles. The van der Waals surface area contributed by atoms with Gasteiger partial charge in [0.05, 0.1) is 5.56 Å². The highest BCUT2D eigenvalue weighted by molar-refractivity contribution is 5.63. The second-order valence-electron chi connectivity index (χ2n) is 4.18. The van der Waals surface area contributed by atoms with Gasteiger partial charge in [-0.25, -0.2) is 0 Å². The molecule has 0 saturated carbocycles. The molecule has 1 atom stereocenters. The molecule has 17 heavy (non-hydrogen) atoms. The summed E-state index contributed by atoms with van der Waals surface area (Å²) in [5, 5.41) is 12.4. The standard InChI is InChI=1S/C13H13NO3/c1-7-5-9(6-8(2)14-7)3-4-10-11(15)13(17)12(10)16/h3-7,14-15H,1-2H3/b4-3+/t7-/m1/s1. The van der Waals surface area contributed by atoms with E-state index in [2.05, 4.69) is 5.32 Å². The van der Waals surface area contributed by atoms with Crippen molar-refractivity contribution in [1.29, 1.82) is 0 Å². The Kier molecular flexibility index (Phi) is 2.71. The second kappa shape index (κ2) is 4.05. The van der Waals surface area contributed by atoms with Gasteiger partial charge in [0.15, 0.2) is 5.75 Å². The van der Waals surface area contributed by atoms with Crippen LogP contribution >= 0.6 is 0 Å². The normalized spacial score (nSPS) is 20.2. The molecule has 0 saturated heterocycles. The van der Waals surface area contributed by atoms with E-state index >= 15 is 0 Å². The minimum absolute atomic E-state index is 0.0909. The first kappa shape index (κ1) is 11.4. The molecule has 1 aliphatic rings. The quantitative estimate of drug-likeness (QED) is 0.740. The molecular weight excluding hydrogens is 218 g/mol. The number of dihydropyridines is 1. The summed E-state index contributed by atoms with van der Waals surface area (Å²) in [5.74, 6) is -0.436. The molecule has 0 unspecified atom stereocenters. The van der Waals surface area contributed by atoms with Gasteiger partial charge in [-0.15, -0.1) is 0 Å². The van der Waals surface area contributed by atoms with Crippen LogP contribution in [0, 0.1) is 0 Å². The zero-order valence-electron chi connectivity index (χ0n) is 9.65. The van der Waals surface area contributed by atoms with Gasteiger partial charge in [0, 0.05) is 11.7 Å². The van der Waals surface area contributed by atoms with Gasteiger partial charge in [0.2, 0.25) is 5.43 Å². The van der Waals surface area contributed by atoms with E-state index in [1.165, 1.54) is 6.08 Å². The van der Waals surface area contributed by atoms with Crippen molar-refractivity contribution < 1.29 is 5.11 Å². The Labute approximate surface area is 98.3 Å². The summed E-state index contributed by atoms with van der Waals surface area (Å²) in [6.45, 7) is 3.96. The van der Waals surface area contributed by atoms with E-state index < -0.39 is 16.6 Å². The molecule has 0 amide bonds. The Morgan fingerprint density at radius 2 is 2.00 bits per heavy atom. The van der Waals surface area contributed by atoms with E-state index in [9.17, 15) is 14.7 Å². The number of hydrogen-bond acceptors (Lipinski definition) is 4. The van der Waals surface area contributed by atoms with Gasteiger partial charge in [0.1, 0.15) is 0 Å². The summed E-state index contributed by atoms with van der Waals surface area (Å²) in [5.41, 5.74) is 0.647. The van der Waals surface area contributed by atoms with Crippen molar-refractivity contribution in [2.45, 2.75) is 19.9 Å². The third-order valence-corrected chi connectivity index (χ3v) is 2.64. The van der Waals surface area contributed by atoms with Crippen molar-refractivity contribution in [1.82, 2.24) is 5.32 Å². The monoisotopic (exact) mass is 231 g/mol. The lowest BCUT2D eigenvalue weighted by atomic mass is 10.0. The van der Waals surface area contributed by atoms with E-state index in [4.69, 9.17) is 0 Å². The first-order valence-corrected chi connectivity index (χ1v) is 5.36. The predicted molar refractivity (Wildman–Crippen MR) is 66.5 cm³/mol. The van der Waals surface area contributed by atoms with E-state index in [0.717, 1.165) is 11.3 Å². The van der Waals surface area contributed by atoms with E-state index in [1.54, 1.807) is 6.08 Å². The Bertz CT molecular complexity index is 613. The van der Waals surface area contributed by atoms with Crippen LogP contribution in [0.2, 0.25) is 0 Å². The molecule has 0 bridgehead atoms. The van der Waals surface area contributed by atoms with Crippen LogP contribution in [-0.4, -0.2) is 11.1 Å². The van der Waals surface area contributed by atoms with Crippen molar-refractivity contribution in [2.75, 3.05) is 0 Å². The second-order valence-corrected chi connectivity index (χ2v) is 4.18. The molecule has 4 nitrogen and oxygen atoms in total. The smallest absolute Gasteiger partial charge is 0.268 e. The van der Waals surface area contributed by atoms with Crippen LogP contribution in [-0.2, 0) is 0 Å². The fourth-order valence-corrected chi connectivity index (χ4v) is 1.86. The van der Waals surface area contributed by atoms with Gasteiger partial charge >= 0.3 is 0 Å². The summed E-state index contributed by atoms with van der Waals surface area (Å²) >= 11 is 0. The fraction of sp³-hybridized carbons (Fsp3) is 0.231. The average molecular weight is 231 g/mol. The Morgan fingerprint density at radius 1 is 1.29 bits per heavy atom. The number of nitrogens with one attached hydrogen (secondary N) is 1. The summed E-state index contributed by atoms with van der Waals surface area (Å²) in [4.78, 5) is 21.9. The molecule has 0 aromatic heterocycles. The summed E-state index contributed by atoms with van der Waals surface area (Å²) in [6.07, 6.45) is 7.12. The highest BCUT2D eigenvalue weighted by atomic mass is 16.3. The maximum Gasteiger partial charge on any atom is 0.268 e. The lowest BCUT2D eigenvalue weighted by molar-refractivity contribution is 0.461. The molecule has 2 rings (SSSR count). The van der Waals surface area contributed by atoms with Gasteiger partial charge in [-0.05, 0) is 31.6 Å². The van der Waals surface area contributed by atoms with E-state index in [1.807, 2.05) is 26.0 Å². The van der Waals surface area contributed by atoms with Crippen molar-refractivity contribution in [3.63, 3.8) is 0 Å². The molecule has 1 aromatic rings. The van der Waals surface area contributed by atoms with E-state index in [0.29, 0.717) is 0 Å². The molecule has 0 fully saturated rings. The minimum Gasteiger partial charge on any atom is -0.504 e. The molecule has 2 N–H and O–H groups in total. The highest BCUT2D eigenvalue weighted by Gasteiger charge is 2.17. The van der Waals surface area contributed by atoms with Gasteiger partial charge in [-0.1, -0.05) is 12.2 Å². The van der Waals surface area contributed by atoms with Gasteiger partial charge < -0.3 is 10.4 Å². The Morgan fingerprint density at radius 3 is 2.59 bits per heavy atom. The van der Waals surface area contributed by atoms with Gasteiger partial charge in [-0.2, -0.15) is 0 Å². The number of hydrogen-bond donors (Lipinski definition) is 2. The van der Waals surface area contributed by atoms with Crippen LogP contribution in [0.4, 0.5) is 0 Å². The maximum absolute atomic E-state index is 11.1. The zero-order chi connectivity index (χ0) is 12.6. The molecule has 0 spiro atoms. The largest absolute Gasteiger partial charge is 0.504 e. The fourth-order valence-electron chi connectivity index (χ4n) is 1.86. The third kappa shape index (κ3) is 2.06. The van der Waals surface area contributed by atoms with Crippen molar-refractivity contribution in [2.24, 2.45) is 0 Å². The molecule has 4 heteroatoms. The summed E-state index contributed by atoms with van der Waals surface area (Å²) in [7, 11) is 0. The van der Waals surface area contributed by atoms with Crippen LogP contribution in [0.1, 0.15) is 19.4 Å². The van der Waals surface area contributed by atoms with Crippen LogP contribution < -0.4 is 16.2 Å². The molecule has 0 radical (unpaired) electrons. The lowest BCUT2D eigenvalue weighted by Gasteiger charge is -2.17. The lowest BCUT2D eigenvalue weighted by Crippen LogP contribution is -2.32. The number of allylic oxidation sites excluding steroid dienone is 4. The first-order chi connectivity index (χ1) is 7.99.